The third kappa shape index (κ3) is 25.9. The van der Waals surface area contributed by atoms with Gasteiger partial charge < -0.3 is 111 Å². The molecule has 1 saturated carbocycles. The molecule has 1 aliphatic carbocycles. The lowest BCUT2D eigenvalue weighted by molar-refractivity contribution is -0.265. The van der Waals surface area contributed by atoms with Crippen molar-refractivity contribution in [3.8, 4) is 11.3 Å². The molecule has 16 atom stereocenters. The van der Waals surface area contributed by atoms with Gasteiger partial charge in [-0.2, -0.15) is 10.1 Å². The van der Waals surface area contributed by atoms with Crippen LogP contribution in [0.2, 0.25) is 0 Å². The molecule has 13 rings (SSSR count). The number of ketones is 1. The van der Waals surface area contributed by atoms with Crippen LogP contribution in [0.1, 0.15) is 165 Å². The second kappa shape index (κ2) is 47.8. The predicted octanol–water partition coefficient (Wildman–Crippen LogP) is 6.04. The number of carbonyl (C=O) groups excluding carboxylic acids is 6. The highest BCUT2D eigenvalue weighted by molar-refractivity contribution is 6.39. The van der Waals surface area contributed by atoms with E-state index in [0.29, 0.717) is 174 Å². The number of hydrogen-bond donors (Lipinski definition) is 10. The number of anilines is 4. The van der Waals surface area contributed by atoms with Crippen molar-refractivity contribution in [3.05, 3.63) is 143 Å². The number of methoxy groups -OCH3 is 2. The second-order valence-corrected chi connectivity index (χ2v) is 37.7. The number of benzene rings is 2. The Kier molecular flexibility index (Phi) is 35.9. The summed E-state index contributed by atoms with van der Waals surface area (Å²) in [6, 6.07) is 8.47. The zero-order chi connectivity index (χ0) is 98.8. The number of nitrogens with zero attached hydrogens (tertiary/aromatic N) is 16. The zero-order valence-electron chi connectivity index (χ0n) is 80.2. The molecule has 0 radical (unpaired) electrons. The fraction of sp³-hybridized carbons (Fsp3) is 0.571. The number of allylic oxidation sites excluding steroid dienone is 4. The van der Waals surface area contributed by atoms with E-state index in [1.54, 1.807) is 76.4 Å². The summed E-state index contributed by atoms with van der Waals surface area (Å²) in [7, 11) is 3.07. The number of oxazole rings is 1. The minimum atomic E-state index is -2.51. The number of aliphatic hydroxyl groups is 5. The van der Waals surface area contributed by atoms with Gasteiger partial charge >= 0.3 is 11.9 Å². The SMILES string of the molecule is C=C/C=C/C=C(\C)[C@H](C[C@@H]1CC[C@@H](C)[C@](O)(C(=O)C(=O)N2CCCC[C@H]2C(=O)O[C@@H](C[C@@H](O)[C@H](C)/C=C(\C)[C@@H](O)[C@@H](O)/C(=N/OCC(=O)NCc2cnc(N3CCN(C(=O)CCOCCN4CCN(c5ncc(C(=O)N6CCc7cc(Cn8nc(-c9ccc%10oc(N)nc%10c9)c9c(N)ncnc98)ccc7C6)cn5)CC4)[C@@H](C(=O)O)C3)nc2)[C@H](C)CC(C)C)[C@H](N)C[C@@H]2CC[C@@H](O)[C@H](OC)C2)O1)OC. The summed E-state index contributed by atoms with van der Waals surface area (Å²) in [6.45, 7) is 21.0. The topological polar surface area (TPSA) is 539 Å². The fourth-order valence-electron chi connectivity index (χ4n) is 19.3. The monoisotopic (exact) mass is 1910 g/mol. The molecule has 5 aromatic heterocycles. The molecule has 5 aliphatic heterocycles. The standard InChI is InChI=1S/C98H134N20O20/c1-11-12-13-16-58(4)78(132-9)45-70-23-18-62(8)98(131,138-70)88(125)92(127)117-28-15-14-17-73(117)94(130)136-79(71(99)42-63-20-24-75(119)80(43-63)133-10)46-76(120)59(5)40-61(7)86(123)87(124)84(60(6)39-57(2)3)111-135-55-81(121)102-47-65-48-103-97(104-49-65)115-34-35-116(74(54-115)93(128)129)82(122)27-37-134-38-36-112-30-32-113(33-31-112)96-105-50-69(51-106-96)91(126)114-29-26-66-41-64(19-21-68(66)53-114)52-118-90-83(89(100)107-56-108-90)85(110-118)67-22-25-77-72(44-67)109-95(101)137-77/h11-13,16,19,21-22,25,40-41,44,48-51,56-57,59-60,62-63,70-71,73-76,78-80,86-87,119-120,123-124,131H,1,14-15,17-18,20,23-24,26-39,42-43,45-47,52-55,99H2,2-10H3,(H2,101,109)(H,102,121)(H,128,129)(H2,100,107,108)/b13-12+,58-16+,61-40+,111-84+/t59-,60-,62-,63+,70+,71-,73+,74-,75-,76-,78+,79+,80-,86-,87+,98-/m1/s1. The Labute approximate surface area is 802 Å². The fourth-order valence-corrected chi connectivity index (χ4v) is 19.3. The molecular formula is C98H134N20O20. The molecule has 138 heavy (non-hydrogen) atoms. The number of piperidine rings is 1. The van der Waals surface area contributed by atoms with Crippen LogP contribution in [0.5, 0.6) is 0 Å². The van der Waals surface area contributed by atoms with E-state index in [1.807, 2.05) is 60.7 Å². The number of fused-ring (bicyclic) bond motifs is 3. The number of Topliss-reactive ketones (excluding diaryl/α,β-unsaturated/α-hetero) is 1. The maximum Gasteiger partial charge on any atom is 0.329 e. The molecule has 5 fully saturated rings. The van der Waals surface area contributed by atoms with E-state index >= 15 is 0 Å². The number of aliphatic hydroxyl groups excluding tert-OH is 4. The van der Waals surface area contributed by atoms with Crippen LogP contribution < -0.4 is 32.3 Å². The summed E-state index contributed by atoms with van der Waals surface area (Å²) in [6.07, 6.45) is 13.3. The third-order valence-electron chi connectivity index (χ3n) is 27.4. The number of piperazine rings is 2. The van der Waals surface area contributed by atoms with E-state index in [9.17, 15) is 64.2 Å². The number of nitrogen functional groups attached to an aromatic ring is 2. The first-order valence-corrected chi connectivity index (χ1v) is 47.8. The van der Waals surface area contributed by atoms with Gasteiger partial charge in [0.05, 0.1) is 79.9 Å². The van der Waals surface area contributed by atoms with Crippen molar-refractivity contribution in [1.82, 2.24) is 69.6 Å². The van der Waals surface area contributed by atoms with Gasteiger partial charge in [0.2, 0.25) is 23.6 Å². The molecule has 2 aromatic carbocycles. The highest BCUT2D eigenvalue weighted by Crippen LogP contribution is 2.40. The molecular weight excluding hydrogens is 1780 g/mol. The van der Waals surface area contributed by atoms with Gasteiger partial charge in [0.25, 0.3) is 29.5 Å². The molecule has 7 aromatic rings. The summed E-state index contributed by atoms with van der Waals surface area (Å²) in [5.41, 5.74) is 27.6. The number of carboxylic acids is 1. The molecule has 6 aliphatic rings. The van der Waals surface area contributed by atoms with Crippen LogP contribution >= 0.6 is 0 Å². The molecule has 0 unspecified atom stereocenters. The van der Waals surface area contributed by atoms with Gasteiger partial charge in [0, 0.05) is 159 Å². The Morgan fingerprint density at radius 1 is 0.783 bits per heavy atom. The van der Waals surface area contributed by atoms with Crippen LogP contribution in [0.4, 0.5) is 23.7 Å². The van der Waals surface area contributed by atoms with Gasteiger partial charge in [0.1, 0.15) is 53.8 Å². The number of aliphatic carboxylic acids is 1. The van der Waals surface area contributed by atoms with E-state index in [4.69, 9.17) is 55.2 Å². The third-order valence-corrected chi connectivity index (χ3v) is 27.4. The van der Waals surface area contributed by atoms with Crippen molar-refractivity contribution in [2.45, 2.75) is 231 Å². The molecule has 40 nitrogen and oxygen atoms in total. The first-order valence-electron chi connectivity index (χ1n) is 47.8. The average Bonchev–Trinajstić information content (AvgIpc) is 1.36. The second-order valence-electron chi connectivity index (χ2n) is 37.7. The quantitative estimate of drug-likeness (QED) is 0.00397. The van der Waals surface area contributed by atoms with Crippen LogP contribution in [0.3, 0.4) is 0 Å². The van der Waals surface area contributed by atoms with E-state index in [-0.39, 0.29) is 112 Å². The number of nitrogens with two attached hydrogens (primary N) is 3. The minimum Gasteiger partial charge on any atom is -0.480 e. The summed E-state index contributed by atoms with van der Waals surface area (Å²) >= 11 is 0. The van der Waals surface area contributed by atoms with Gasteiger partial charge in [-0.1, -0.05) is 94.9 Å². The van der Waals surface area contributed by atoms with Crippen molar-refractivity contribution in [2.75, 3.05) is 121 Å². The van der Waals surface area contributed by atoms with Crippen molar-refractivity contribution < 1.29 is 97.1 Å². The molecule has 0 spiro atoms. The highest BCUT2D eigenvalue weighted by Gasteiger charge is 2.54. The maximum atomic E-state index is 14.7. The molecule has 40 heteroatoms. The molecule has 4 amide bonds. The van der Waals surface area contributed by atoms with Crippen molar-refractivity contribution in [2.24, 2.45) is 40.5 Å². The van der Waals surface area contributed by atoms with E-state index < -0.39 is 127 Å². The van der Waals surface area contributed by atoms with Crippen LogP contribution in [-0.2, 0) is 83.3 Å². The summed E-state index contributed by atoms with van der Waals surface area (Å²) < 4.78 is 37.0. The van der Waals surface area contributed by atoms with E-state index in [1.165, 1.54) is 30.7 Å². The Hall–Kier alpha value is -11.7. The Morgan fingerprint density at radius 3 is 2.26 bits per heavy atom. The number of rotatable bonds is 42. The lowest BCUT2D eigenvalue weighted by atomic mass is 9.80. The zero-order valence-corrected chi connectivity index (χ0v) is 80.2. The lowest BCUT2D eigenvalue weighted by Crippen LogP contribution is -2.61. The number of amides is 4. The van der Waals surface area contributed by atoms with Crippen molar-refractivity contribution in [3.63, 3.8) is 0 Å². The number of carbonyl (C=O) groups is 7. The Bertz CT molecular complexity index is 5510. The highest BCUT2D eigenvalue weighted by atomic mass is 16.6. The average molecular weight is 1910 g/mol. The maximum absolute atomic E-state index is 14.7. The Morgan fingerprint density at radius 2 is 1.53 bits per heavy atom. The first-order chi connectivity index (χ1) is 66.2. The van der Waals surface area contributed by atoms with E-state index in [0.717, 1.165) is 32.7 Å². The van der Waals surface area contributed by atoms with Gasteiger partial charge in [-0.05, 0) is 142 Å². The van der Waals surface area contributed by atoms with Crippen LogP contribution in [0.15, 0.2) is 125 Å². The smallest absolute Gasteiger partial charge is 0.329 e. The summed E-state index contributed by atoms with van der Waals surface area (Å²) in [5.74, 6) is -8.88. The number of aromatic nitrogens is 9. The largest absolute Gasteiger partial charge is 0.480 e. The molecule has 746 valence electrons. The van der Waals surface area contributed by atoms with Gasteiger partial charge in [-0.25, -0.2) is 44.2 Å². The van der Waals surface area contributed by atoms with Gasteiger partial charge in [0.15, 0.2) is 17.8 Å². The predicted molar refractivity (Wildman–Crippen MR) is 512 cm³/mol. The number of oxime groups is 1. The number of ether oxygens (including phenoxy) is 5. The number of esters is 1. The molecule has 13 N–H and O–H groups in total. The minimum absolute atomic E-state index is 0.00639. The molecule has 4 saturated heterocycles. The van der Waals surface area contributed by atoms with Crippen LogP contribution in [0.25, 0.3) is 33.4 Å². The number of hydrogen-bond acceptors (Lipinski definition) is 34. The molecule has 10 heterocycles. The van der Waals surface area contributed by atoms with E-state index in [2.05, 4.69) is 73.9 Å². The lowest BCUT2D eigenvalue weighted by Gasteiger charge is -2.42. The summed E-state index contributed by atoms with van der Waals surface area (Å²) in [4.78, 5) is 144. The van der Waals surface area contributed by atoms with Gasteiger partial charge in [-0.15, -0.1) is 0 Å². The molecule has 0 bridgehead atoms. The van der Waals surface area contributed by atoms with Gasteiger partial charge in [-0.3, -0.25) is 28.9 Å². The Balaban J connectivity index is 0.530. The van der Waals surface area contributed by atoms with Crippen molar-refractivity contribution >= 4 is 92.9 Å². The number of carboxylic acid groups (broad SMARTS) is 1. The first kappa shape index (κ1) is 104. The number of likely N-dealkylation sites (tertiary alicyclic amines) is 1. The number of nitrogens with one attached hydrogen (secondary N) is 1. The summed E-state index contributed by atoms with van der Waals surface area (Å²) in [5, 5.41) is 81.5. The van der Waals surface area contributed by atoms with Crippen LogP contribution in [-0.4, -0.2) is 314 Å². The normalized spacial score (nSPS) is 22.8. The van der Waals surface area contributed by atoms with Crippen molar-refractivity contribution in [1.29, 1.82) is 0 Å². The van der Waals surface area contributed by atoms with Crippen LogP contribution in [0, 0.1) is 29.6 Å².